The molecule has 0 aromatic heterocycles. The Balaban J connectivity index is 2.77. The van der Waals surface area contributed by atoms with Crippen molar-refractivity contribution in [1.82, 2.24) is 0 Å². The van der Waals surface area contributed by atoms with Crippen molar-refractivity contribution in [3.05, 3.63) is 23.8 Å². The minimum atomic E-state index is 0.165. The fourth-order valence-electron chi connectivity index (χ4n) is 1.70. The van der Waals surface area contributed by atoms with Gasteiger partial charge in [-0.2, -0.15) is 0 Å². The Kier molecular flexibility index (Phi) is 3.28. The predicted octanol–water partition coefficient (Wildman–Crippen LogP) is 1.43. The maximum Gasteiger partial charge on any atom is 0.0174 e. The zero-order valence-corrected chi connectivity index (χ0v) is 8.59. The Morgan fingerprint density at radius 1 is 1.46 bits per heavy atom. The van der Waals surface area contributed by atoms with Crippen molar-refractivity contribution in [2.75, 3.05) is 13.1 Å². The summed E-state index contributed by atoms with van der Waals surface area (Å²) in [6, 6.07) is 0. The topological polar surface area (TPSA) is 52.0 Å². The number of hydrogen-bond donors (Lipinski definition) is 2. The Bertz CT molecular complexity index is 228. The van der Waals surface area contributed by atoms with Crippen LogP contribution in [0, 0.1) is 11.3 Å². The highest BCUT2D eigenvalue weighted by molar-refractivity contribution is 5.28. The van der Waals surface area contributed by atoms with Gasteiger partial charge in [-0.25, -0.2) is 0 Å². The summed E-state index contributed by atoms with van der Waals surface area (Å²) in [5.41, 5.74) is 12.8. The number of rotatable bonds is 3. The highest BCUT2D eigenvalue weighted by atomic mass is 14.6. The third kappa shape index (κ3) is 2.01. The molecule has 2 heteroatoms. The number of nitrogens with two attached hydrogens (primary N) is 2. The molecule has 74 valence electrons. The van der Waals surface area contributed by atoms with E-state index in [9.17, 15) is 0 Å². The molecule has 13 heavy (non-hydrogen) atoms. The molecule has 0 aromatic carbocycles. The molecule has 0 heterocycles. The number of allylic oxidation sites excluding steroid dienone is 1. The highest BCUT2D eigenvalue weighted by Gasteiger charge is 2.29. The van der Waals surface area contributed by atoms with E-state index in [1.807, 2.05) is 0 Å². The first-order valence-corrected chi connectivity index (χ1v) is 4.93. The van der Waals surface area contributed by atoms with Crippen LogP contribution in [0.2, 0.25) is 0 Å². The van der Waals surface area contributed by atoms with E-state index in [0.29, 0.717) is 12.5 Å². The molecule has 1 aliphatic rings. The SMILES string of the molecule is CC(C)C1(CN)C=CC(CN)=CC1. The van der Waals surface area contributed by atoms with Crippen LogP contribution in [0.5, 0.6) is 0 Å². The Morgan fingerprint density at radius 2 is 2.15 bits per heavy atom. The summed E-state index contributed by atoms with van der Waals surface area (Å²) >= 11 is 0. The van der Waals surface area contributed by atoms with Gasteiger partial charge in [0.2, 0.25) is 0 Å². The molecule has 1 aliphatic carbocycles. The minimum absolute atomic E-state index is 0.165. The smallest absolute Gasteiger partial charge is 0.0174 e. The largest absolute Gasteiger partial charge is 0.330 e. The van der Waals surface area contributed by atoms with Gasteiger partial charge >= 0.3 is 0 Å². The first kappa shape index (κ1) is 10.5. The van der Waals surface area contributed by atoms with Crippen LogP contribution >= 0.6 is 0 Å². The van der Waals surface area contributed by atoms with Crippen LogP contribution in [0.25, 0.3) is 0 Å². The molecule has 0 fully saturated rings. The third-order valence-electron chi connectivity index (χ3n) is 3.14. The van der Waals surface area contributed by atoms with Gasteiger partial charge in [0.05, 0.1) is 0 Å². The second kappa shape index (κ2) is 4.07. The summed E-state index contributed by atoms with van der Waals surface area (Å²) in [7, 11) is 0. The van der Waals surface area contributed by atoms with Crippen molar-refractivity contribution >= 4 is 0 Å². The Labute approximate surface area is 80.7 Å². The fourth-order valence-corrected chi connectivity index (χ4v) is 1.70. The van der Waals surface area contributed by atoms with Crippen LogP contribution < -0.4 is 11.5 Å². The van der Waals surface area contributed by atoms with Gasteiger partial charge in [-0.05, 0) is 17.9 Å². The van der Waals surface area contributed by atoms with Gasteiger partial charge in [-0.3, -0.25) is 0 Å². The molecule has 0 bridgehead atoms. The van der Waals surface area contributed by atoms with Gasteiger partial charge in [-0.1, -0.05) is 32.1 Å². The van der Waals surface area contributed by atoms with Crippen LogP contribution in [-0.2, 0) is 0 Å². The maximum absolute atomic E-state index is 5.81. The van der Waals surface area contributed by atoms with E-state index in [1.54, 1.807) is 0 Å². The zero-order chi connectivity index (χ0) is 9.90. The molecule has 0 amide bonds. The zero-order valence-electron chi connectivity index (χ0n) is 8.59. The molecule has 1 atom stereocenters. The summed E-state index contributed by atoms with van der Waals surface area (Å²) < 4.78 is 0. The van der Waals surface area contributed by atoms with Crippen LogP contribution in [0.1, 0.15) is 20.3 Å². The summed E-state index contributed by atoms with van der Waals surface area (Å²) in [5, 5.41) is 0. The van der Waals surface area contributed by atoms with Crippen molar-refractivity contribution in [2.24, 2.45) is 22.8 Å². The molecule has 0 saturated carbocycles. The van der Waals surface area contributed by atoms with Crippen molar-refractivity contribution in [3.8, 4) is 0 Å². The normalized spacial score (nSPS) is 27.9. The minimum Gasteiger partial charge on any atom is -0.330 e. The second-order valence-electron chi connectivity index (χ2n) is 4.11. The first-order valence-electron chi connectivity index (χ1n) is 4.93. The van der Waals surface area contributed by atoms with E-state index in [4.69, 9.17) is 11.5 Å². The van der Waals surface area contributed by atoms with Crippen molar-refractivity contribution in [2.45, 2.75) is 20.3 Å². The molecule has 1 unspecified atom stereocenters. The van der Waals surface area contributed by atoms with E-state index in [2.05, 4.69) is 32.1 Å². The average Bonchev–Trinajstić information content (AvgIpc) is 2.17. The number of hydrogen-bond acceptors (Lipinski definition) is 2. The van der Waals surface area contributed by atoms with Crippen LogP contribution in [0.15, 0.2) is 23.8 Å². The van der Waals surface area contributed by atoms with E-state index >= 15 is 0 Å². The molecule has 0 spiro atoms. The van der Waals surface area contributed by atoms with E-state index in [1.165, 1.54) is 5.57 Å². The van der Waals surface area contributed by atoms with E-state index < -0.39 is 0 Å². The summed E-state index contributed by atoms with van der Waals surface area (Å²) in [6.45, 7) is 5.79. The molecule has 0 aromatic rings. The van der Waals surface area contributed by atoms with E-state index in [-0.39, 0.29) is 5.41 Å². The first-order chi connectivity index (χ1) is 6.14. The molecule has 4 N–H and O–H groups in total. The fraction of sp³-hybridized carbons (Fsp3) is 0.636. The third-order valence-corrected chi connectivity index (χ3v) is 3.14. The Morgan fingerprint density at radius 3 is 2.46 bits per heavy atom. The lowest BCUT2D eigenvalue weighted by atomic mass is 9.72. The van der Waals surface area contributed by atoms with Crippen molar-refractivity contribution in [3.63, 3.8) is 0 Å². The molecule has 0 radical (unpaired) electrons. The van der Waals surface area contributed by atoms with Gasteiger partial charge in [0.15, 0.2) is 0 Å². The molecule has 1 rings (SSSR count). The van der Waals surface area contributed by atoms with Gasteiger partial charge in [0.25, 0.3) is 0 Å². The Hall–Kier alpha value is -0.600. The monoisotopic (exact) mass is 180 g/mol. The van der Waals surface area contributed by atoms with Crippen LogP contribution in [0.3, 0.4) is 0 Å². The lowest BCUT2D eigenvalue weighted by Crippen LogP contribution is -2.34. The van der Waals surface area contributed by atoms with Crippen LogP contribution in [-0.4, -0.2) is 13.1 Å². The lowest BCUT2D eigenvalue weighted by Gasteiger charge is -2.35. The van der Waals surface area contributed by atoms with Crippen molar-refractivity contribution in [1.29, 1.82) is 0 Å². The van der Waals surface area contributed by atoms with Crippen LogP contribution in [0.4, 0.5) is 0 Å². The lowest BCUT2D eigenvalue weighted by molar-refractivity contribution is 0.275. The highest BCUT2D eigenvalue weighted by Crippen LogP contribution is 2.35. The van der Waals surface area contributed by atoms with Gasteiger partial charge in [0, 0.05) is 18.5 Å². The van der Waals surface area contributed by atoms with Gasteiger partial charge in [-0.15, -0.1) is 0 Å². The predicted molar refractivity (Wildman–Crippen MR) is 57.2 cm³/mol. The van der Waals surface area contributed by atoms with E-state index in [0.717, 1.165) is 13.0 Å². The maximum atomic E-state index is 5.81. The second-order valence-corrected chi connectivity index (χ2v) is 4.11. The molecule has 2 nitrogen and oxygen atoms in total. The quantitative estimate of drug-likeness (QED) is 0.690. The standard InChI is InChI=1S/C11H20N2/c1-9(2)11(8-13)5-3-10(7-12)4-6-11/h3-5,9H,6-8,12-13H2,1-2H3. The summed E-state index contributed by atoms with van der Waals surface area (Å²) in [6.07, 6.45) is 7.60. The van der Waals surface area contributed by atoms with Gasteiger partial charge < -0.3 is 11.5 Å². The average molecular weight is 180 g/mol. The molecular weight excluding hydrogens is 160 g/mol. The molecule has 0 saturated heterocycles. The molecule has 0 aliphatic heterocycles. The molecular formula is C11H20N2. The summed E-state index contributed by atoms with van der Waals surface area (Å²) in [4.78, 5) is 0. The van der Waals surface area contributed by atoms with Gasteiger partial charge in [0.1, 0.15) is 0 Å². The van der Waals surface area contributed by atoms with Crippen molar-refractivity contribution < 1.29 is 0 Å². The summed E-state index contributed by atoms with van der Waals surface area (Å²) in [5.74, 6) is 0.587.